The van der Waals surface area contributed by atoms with Gasteiger partial charge >= 0.3 is 6.03 Å². The predicted octanol–water partition coefficient (Wildman–Crippen LogP) is 2.78. The number of para-hydroxylation sites is 2. The minimum atomic E-state index is -0.157. The van der Waals surface area contributed by atoms with Crippen LogP contribution in [-0.4, -0.2) is 32.4 Å². The molecule has 1 unspecified atom stereocenters. The average molecular weight is 290 g/mol. The van der Waals surface area contributed by atoms with Crippen molar-refractivity contribution in [2.45, 2.75) is 31.7 Å². The summed E-state index contributed by atoms with van der Waals surface area (Å²) < 4.78 is 10.7. The maximum absolute atomic E-state index is 12.2. The van der Waals surface area contributed by atoms with Crippen LogP contribution < -0.4 is 15.4 Å². The third-order valence-corrected chi connectivity index (χ3v) is 4.82. The molecule has 2 N–H and O–H groups in total. The van der Waals surface area contributed by atoms with Crippen molar-refractivity contribution in [3.63, 3.8) is 0 Å². The number of hydrogen-bond acceptors (Lipinski definition) is 3. The summed E-state index contributed by atoms with van der Waals surface area (Å²) in [4.78, 5) is 12.2. The molecule has 1 heterocycles. The van der Waals surface area contributed by atoms with Gasteiger partial charge < -0.3 is 20.1 Å². The monoisotopic (exact) mass is 290 g/mol. The quantitative estimate of drug-likeness (QED) is 0.900. The van der Waals surface area contributed by atoms with E-state index in [1.54, 1.807) is 7.11 Å². The zero-order valence-electron chi connectivity index (χ0n) is 12.4. The highest BCUT2D eigenvalue weighted by Crippen LogP contribution is 2.48. The third kappa shape index (κ3) is 2.83. The fraction of sp³-hybridized carbons (Fsp3) is 0.562. The van der Waals surface area contributed by atoms with E-state index in [-0.39, 0.29) is 17.5 Å². The van der Waals surface area contributed by atoms with Crippen molar-refractivity contribution >= 4 is 11.7 Å². The maximum Gasteiger partial charge on any atom is 0.319 e. The van der Waals surface area contributed by atoms with Gasteiger partial charge in [-0.25, -0.2) is 4.79 Å². The Labute approximate surface area is 125 Å². The maximum atomic E-state index is 12.2. The smallest absolute Gasteiger partial charge is 0.319 e. The largest absolute Gasteiger partial charge is 0.495 e. The van der Waals surface area contributed by atoms with Gasteiger partial charge in [-0.15, -0.1) is 0 Å². The highest BCUT2D eigenvalue weighted by Gasteiger charge is 2.47. The number of carbonyl (C=O) groups is 1. The van der Waals surface area contributed by atoms with E-state index < -0.39 is 0 Å². The van der Waals surface area contributed by atoms with Crippen molar-refractivity contribution in [3.8, 4) is 5.75 Å². The van der Waals surface area contributed by atoms with Crippen molar-refractivity contribution in [1.82, 2.24) is 5.32 Å². The first-order valence-electron chi connectivity index (χ1n) is 7.52. The SMILES string of the molecule is COc1ccccc1NC(=O)NC1CCC12CCOCC2. The number of amides is 2. The molecule has 1 aromatic carbocycles. The van der Waals surface area contributed by atoms with Gasteiger partial charge in [-0.1, -0.05) is 12.1 Å². The van der Waals surface area contributed by atoms with Crippen LogP contribution >= 0.6 is 0 Å². The van der Waals surface area contributed by atoms with Crippen LogP contribution in [0.5, 0.6) is 5.75 Å². The van der Waals surface area contributed by atoms with Crippen LogP contribution in [0.25, 0.3) is 0 Å². The first kappa shape index (κ1) is 14.2. The van der Waals surface area contributed by atoms with Gasteiger partial charge in [0.05, 0.1) is 12.8 Å². The van der Waals surface area contributed by atoms with Crippen LogP contribution in [0.15, 0.2) is 24.3 Å². The van der Waals surface area contributed by atoms with E-state index in [1.165, 1.54) is 6.42 Å². The van der Waals surface area contributed by atoms with E-state index in [9.17, 15) is 4.79 Å². The van der Waals surface area contributed by atoms with Gasteiger partial charge in [0.1, 0.15) is 5.75 Å². The molecule has 5 heteroatoms. The second kappa shape index (κ2) is 5.93. The Kier molecular flexibility index (Phi) is 4.01. The van der Waals surface area contributed by atoms with Crippen molar-refractivity contribution in [1.29, 1.82) is 0 Å². The van der Waals surface area contributed by atoms with Crippen LogP contribution in [0, 0.1) is 5.41 Å². The van der Waals surface area contributed by atoms with E-state index >= 15 is 0 Å². The van der Waals surface area contributed by atoms with Crippen molar-refractivity contribution in [3.05, 3.63) is 24.3 Å². The van der Waals surface area contributed by atoms with Gasteiger partial charge in [0.2, 0.25) is 0 Å². The second-order valence-corrected chi connectivity index (χ2v) is 5.86. The van der Waals surface area contributed by atoms with Crippen molar-refractivity contribution < 1.29 is 14.3 Å². The number of benzene rings is 1. The van der Waals surface area contributed by atoms with Crippen LogP contribution in [0.3, 0.4) is 0 Å². The molecule has 1 atom stereocenters. The molecule has 2 aliphatic rings. The van der Waals surface area contributed by atoms with Crippen LogP contribution in [0.1, 0.15) is 25.7 Å². The Morgan fingerprint density at radius 2 is 2.05 bits per heavy atom. The zero-order chi connectivity index (χ0) is 14.7. The van der Waals surface area contributed by atoms with E-state index in [4.69, 9.17) is 9.47 Å². The molecule has 1 spiro atoms. The normalized spacial score (nSPS) is 23.2. The van der Waals surface area contributed by atoms with E-state index in [2.05, 4.69) is 10.6 Å². The predicted molar refractivity (Wildman–Crippen MR) is 80.7 cm³/mol. The molecule has 5 nitrogen and oxygen atoms in total. The molecule has 0 aromatic heterocycles. The molecule has 2 amide bonds. The standard InChI is InChI=1S/C16H22N2O3/c1-20-13-5-3-2-4-12(13)17-15(19)18-14-6-7-16(14)8-10-21-11-9-16/h2-5,14H,6-11H2,1H3,(H2,17,18,19). The average Bonchev–Trinajstić information content (AvgIpc) is 2.53. The number of ether oxygens (including phenoxy) is 2. The number of nitrogens with one attached hydrogen (secondary N) is 2. The first-order valence-corrected chi connectivity index (χ1v) is 7.52. The molecular weight excluding hydrogens is 268 g/mol. The number of anilines is 1. The van der Waals surface area contributed by atoms with Gasteiger partial charge in [-0.05, 0) is 43.2 Å². The molecule has 1 aliphatic heterocycles. The lowest BCUT2D eigenvalue weighted by atomic mass is 9.60. The summed E-state index contributed by atoms with van der Waals surface area (Å²) in [5.41, 5.74) is 0.953. The summed E-state index contributed by atoms with van der Waals surface area (Å²) in [5.74, 6) is 0.669. The molecule has 0 bridgehead atoms. The Morgan fingerprint density at radius 1 is 1.29 bits per heavy atom. The van der Waals surface area contributed by atoms with Crippen LogP contribution in [0.2, 0.25) is 0 Å². The molecule has 1 saturated carbocycles. The lowest BCUT2D eigenvalue weighted by Crippen LogP contribution is -2.57. The minimum Gasteiger partial charge on any atom is -0.495 e. The fourth-order valence-corrected chi connectivity index (χ4v) is 3.36. The van der Waals surface area contributed by atoms with Gasteiger partial charge in [-0.2, -0.15) is 0 Å². The van der Waals surface area contributed by atoms with Crippen molar-refractivity contribution in [2.24, 2.45) is 5.41 Å². The number of hydrogen-bond donors (Lipinski definition) is 2. The summed E-state index contributed by atoms with van der Waals surface area (Å²) in [7, 11) is 1.60. The van der Waals surface area contributed by atoms with Gasteiger partial charge in [0, 0.05) is 19.3 Å². The number of rotatable bonds is 3. The van der Waals surface area contributed by atoms with Gasteiger partial charge in [0.15, 0.2) is 0 Å². The molecule has 2 fully saturated rings. The highest BCUT2D eigenvalue weighted by molar-refractivity contribution is 5.91. The second-order valence-electron chi connectivity index (χ2n) is 5.86. The summed E-state index contributed by atoms with van der Waals surface area (Å²) >= 11 is 0. The molecular formula is C16H22N2O3. The summed E-state index contributed by atoms with van der Waals surface area (Å²) in [6, 6.07) is 7.53. The van der Waals surface area contributed by atoms with Gasteiger partial charge in [-0.3, -0.25) is 0 Å². The topological polar surface area (TPSA) is 59.6 Å². The zero-order valence-corrected chi connectivity index (χ0v) is 12.4. The minimum absolute atomic E-state index is 0.157. The van der Waals surface area contributed by atoms with Gasteiger partial charge in [0.25, 0.3) is 0 Å². The Balaban J connectivity index is 1.59. The molecule has 0 radical (unpaired) electrons. The number of urea groups is 1. The molecule has 1 aromatic rings. The molecule has 1 saturated heterocycles. The summed E-state index contributed by atoms with van der Waals surface area (Å²) in [6.07, 6.45) is 4.34. The lowest BCUT2D eigenvalue weighted by molar-refractivity contribution is -0.0507. The number of methoxy groups -OCH3 is 1. The van der Waals surface area contributed by atoms with E-state index in [0.717, 1.165) is 32.5 Å². The van der Waals surface area contributed by atoms with Crippen molar-refractivity contribution in [2.75, 3.05) is 25.6 Å². The molecule has 1 aliphatic carbocycles. The number of carbonyl (C=O) groups excluding carboxylic acids is 1. The molecule has 114 valence electrons. The third-order valence-electron chi connectivity index (χ3n) is 4.82. The molecule has 21 heavy (non-hydrogen) atoms. The Bertz CT molecular complexity index is 512. The fourth-order valence-electron chi connectivity index (χ4n) is 3.36. The Hall–Kier alpha value is -1.75. The summed E-state index contributed by atoms with van der Waals surface area (Å²) in [6.45, 7) is 1.62. The van der Waals surface area contributed by atoms with Crippen LogP contribution in [0.4, 0.5) is 10.5 Å². The molecule has 3 rings (SSSR count). The summed E-state index contributed by atoms with van der Waals surface area (Å²) in [5, 5.41) is 5.99. The lowest BCUT2D eigenvalue weighted by Gasteiger charge is -2.51. The van der Waals surface area contributed by atoms with Crippen LogP contribution in [-0.2, 0) is 4.74 Å². The van der Waals surface area contributed by atoms with E-state index in [0.29, 0.717) is 11.4 Å². The Morgan fingerprint density at radius 3 is 2.71 bits per heavy atom. The van der Waals surface area contributed by atoms with E-state index in [1.807, 2.05) is 24.3 Å². The first-order chi connectivity index (χ1) is 10.2. The highest BCUT2D eigenvalue weighted by atomic mass is 16.5.